The lowest BCUT2D eigenvalue weighted by Gasteiger charge is -2.08. The third-order valence-electron chi connectivity index (χ3n) is 1.90. The topological polar surface area (TPSA) is 44.8 Å². The molecule has 80 valence electrons. The number of hydrogen-bond acceptors (Lipinski definition) is 4. The first-order valence-corrected chi connectivity index (χ1v) is 4.46. The summed E-state index contributed by atoms with van der Waals surface area (Å²) in [6.07, 6.45) is -1.06. The number of halogens is 1. The normalized spacial score (nSPS) is 19.5. The van der Waals surface area contributed by atoms with E-state index in [1.165, 1.54) is 24.3 Å². The Labute approximate surface area is 85.6 Å². The van der Waals surface area contributed by atoms with Gasteiger partial charge in [-0.1, -0.05) is 0 Å². The zero-order valence-corrected chi connectivity index (χ0v) is 7.81. The van der Waals surface area contributed by atoms with Gasteiger partial charge < -0.3 is 14.2 Å². The minimum Gasteiger partial charge on any atom is -0.490 e. The van der Waals surface area contributed by atoms with E-state index in [1.54, 1.807) is 0 Å². The van der Waals surface area contributed by atoms with Crippen molar-refractivity contribution < 1.29 is 23.4 Å². The van der Waals surface area contributed by atoms with Gasteiger partial charge in [0.15, 0.2) is 6.10 Å². The van der Waals surface area contributed by atoms with Crippen molar-refractivity contribution >= 4 is 6.16 Å². The van der Waals surface area contributed by atoms with E-state index < -0.39 is 6.16 Å². The molecule has 0 saturated carbocycles. The third-order valence-corrected chi connectivity index (χ3v) is 1.90. The van der Waals surface area contributed by atoms with Crippen molar-refractivity contribution in [3.8, 4) is 5.75 Å². The Morgan fingerprint density at radius 2 is 2.13 bits per heavy atom. The molecule has 1 fully saturated rings. The SMILES string of the molecule is O=C1OCC(COc2ccc(F)cc2)O1. The summed E-state index contributed by atoms with van der Waals surface area (Å²) >= 11 is 0. The van der Waals surface area contributed by atoms with Crippen LogP contribution < -0.4 is 4.74 Å². The summed E-state index contributed by atoms with van der Waals surface area (Å²) in [6, 6.07) is 5.61. The second-order valence-electron chi connectivity index (χ2n) is 3.07. The molecule has 1 heterocycles. The van der Waals surface area contributed by atoms with E-state index in [1.807, 2.05) is 0 Å². The van der Waals surface area contributed by atoms with E-state index in [4.69, 9.17) is 9.47 Å². The lowest BCUT2D eigenvalue weighted by molar-refractivity contribution is 0.0983. The second kappa shape index (κ2) is 4.16. The van der Waals surface area contributed by atoms with E-state index in [0.717, 1.165) is 0 Å². The maximum absolute atomic E-state index is 12.5. The molecule has 1 aromatic rings. The summed E-state index contributed by atoms with van der Waals surface area (Å²) in [4.78, 5) is 10.6. The molecule has 0 aromatic heterocycles. The van der Waals surface area contributed by atoms with Crippen LogP contribution in [0.2, 0.25) is 0 Å². The molecule has 1 atom stereocenters. The van der Waals surface area contributed by atoms with Gasteiger partial charge in [-0.3, -0.25) is 0 Å². The maximum Gasteiger partial charge on any atom is 0.508 e. The molecule has 4 nitrogen and oxygen atoms in total. The number of carbonyl (C=O) groups excluding carboxylic acids is 1. The van der Waals surface area contributed by atoms with Crippen LogP contribution in [0.3, 0.4) is 0 Å². The molecular weight excluding hydrogens is 203 g/mol. The van der Waals surface area contributed by atoms with Crippen LogP contribution >= 0.6 is 0 Å². The first-order chi connectivity index (χ1) is 7.24. The Morgan fingerprint density at radius 3 is 2.73 bits per heavy atom. The fourth-order valence-electron chi connectivity index (χ4n) is 1.17. The zero-order chi connectivity index (χ0) is 10.7. The molecule has 0 N–H and O–H groups in total. The standard InChI is InChI=1S/C10H9FO4/c11-7-1-3-8(4-2-7)13-5-9-6-14-10(12)15-9/h1-4,9H,5-6H2. The third kappa shape index (κ3) is 2.59. The van der Waals surface area contributed by atoms with Crippen molar-refractivity contribution in [2.75, 3.05) is 13.2 Å². The Balaban J connectivity index is 1.83. The Bertz CT molecular complexity index is 349. The molecule has 1 saturated heterocycles. The van der Waals surface area contributed by atoms with Gasteiger partial charge in [0.2, 0.25) is 0 Å². The molecule has 15 heavy (non-hydrogen) atoms. The molecule has 0 bridgehead atoms. The molecule has 0 amide bonds. The highest BCUT2D eigenvalue weighted by Crippen LogP contribution is 2.13. The van der Waals surface area contributed by atoms with E-state index in [-0.39, 0.29) is 25.1 Å². The summed E-state index contributed by atoms with van der Waals surface area (Å²) in [5.41, 5.74) is 0. The largest absolute Gasteiger partial charge is 0.508 e. The summed E-state index contributed by atoms with van der Waals surface area (Å²) in [6.45, 7) is 0.400. The van der Waals surface area contributed by atoms with Gasteiger partial charge in [0.1, 0.15) is 24.8 Å². The van der Waals surface area contributed by atoms with Crippen LogP contribution in [0.25, 0.3) is 0 Å². The smallest absolute Gasteiger partial charge is 0.490 e. The average molecular weight is 212 g/mol. The number of rotatable bonds is 3. The van der Waals surface area contributed by atoms with Crippen LogP contribution in [0.5, 0.6) is 5.75 Å². The minimum atomic E-state index is -0.678. The summed E-state index contributed by atoms with van der Waals surface area (Å²) < 4.78 is 27.1. The molecule has 0 radical (unpaired) electrons. The van der Waals surface area contributed by atoms with Gasteiger partial charge in [0, 0.05) is 0 Å². The van der Waals surface area contributed by atoms with Crippen LogP contribution in [-0.2, 0) is 9.47 Å². The molecule has 1 aliphatic heterocycles. The highest BCUT2D eigenvalue weighted by Gasteiger charge is 2.25. The first kappa shape index (κ1) is 9.76. The molecule has 1 aliphatic rings. The molecule has 1 unspecified atom stereocenters. The number of ether oxygens (including phenoxy) is 3. The fourth-order valence-corrected chi connectivity index (χ4v) is 1.17. The van der Waals surface area contributed by atoms with E-state index >= 15 is 0 Å². The quantitative estimate of drug-likeness (QED) is 0.716. The van der Waals surface area contributed by atoms with Crippen molar-refractivity contribution in [1.82, 2.24) is 0 Å². The fraction of sp³-hybridized carbons (Fsp3) is 0.300. The molecule has 2 rings (SSSR count). The van der Waals surface area contributed by atoms with Gasteiger partial charge in [-0.25, -0.2) is 9.18 Å². The van der Waals surface area contributed by atoms with Gasteiger partial charge in [-0.15, -0.1) is 0 Å². The Morgan fingerprint density at radius 1 is 1.40 bits per heavy atom. The van der Waals surface area contributed by atoms with Crippen molar-refractivity contribution in [1.29, 1.82) is 0 Å². The van der Waals surface area contributed by atoms with Gasteiger partial charge in [0.05, 0.1) is 0 Å². The Kier molecular flexibility index (Phi) is 2.71. The van der Waals surface area contributed by atoms with Crippen molar-refractivity contribution in [3.63, 3.8) is 0 Å². The van der Waals surface area contributed by atoms with Crippen molar-refractivity contribution in [2.24, 2.45) is 0 Å². The lowest BCUT2D eigenvalue weighted by atomic mass is 10.3. The minimum absolute atomic E-state index is 0.194. The van der Waals surface area contributed by atoms with Crippen LogP contribution in [0.1, 0.15) is 0 Å². The van der Waals surface area contributed by atoms with Gasteiger partial charge in [0.25, 0.3) is 0 Å². The van der Waals surface area contributed by atoms with E-state index in [9.17, 15) is 9.18 Å². The van der Waals surface area contributed by atoms with Crippen LogP contribution in [0.15, 0.2) is 24.3 Å². The zero-order valence-electron chi connectivity index (χ0n) is 7.81. The lowest BCUT2D eigenvalue weighted by Crippen LogP contribution is -2.19. The molecule has 5 heteroatoms. The molecular formula is C10H9FO4. The summed E-state index contributed by atoms with van der Waals surface area (Å²) in [5.74, 6) is 0.206. The number of carbonyl (C=O) groups is 1. The summed E-state index contributed by atoms with van der Waals surface area (Å²) in [5, 5.41) is 0. The van der Waals surface area contributed by atoms with Crippen molar-refractivity contribution in [3.05, 3.63) is 30.1 Å². The average Bonchev–Trinajstić information content (AvgIpc) is 2.64. The number of benzene rings is 1. The van der Waals surface area contributed by atoms with Crippen LogP contribution in [0.4, 0.5) is 9.18 Å². The maximum atomic E-state index is 12.5. The molecule has 0 aliphatic carbocycles. The predicted octanol–water partition coefficient (Wildman–Crippen LogP) is 1.74. The Hall–Kier alpha value is -1.78. The van der Waals surface area contributed by atoms with Gasteiger partial charge in [-0.2, -0.15) is 0 Å². The highest BCUT2D eigenvalue weighted by atomic mass is 19.1. The van der Waals surface area contributed by atoms with Gasteiger partial charge in [-0.05, 0) is 24.3 Å². The van der Waals surface area contributed by atoms with E-state index in [0.29, 0.717) is 5.75 Å². The first-order valence-electron chi connectivity index (χ1n) is 4.46. The van der Waals surface area contributed by atoms with Crippen molar-refractivity contribution in [2.45, 2.75) is 6.10 Å². The molecule has 1 aromatic carbocycles. The number of hydrogen-bond donors (Lipinski definition) is 0. The summed E-state index contributed by atoms with van der Waals surface area (Å²) in [7, 11) is 0. The van der Waals surface area contributed by atoms with Crippen LogP contribution in [0, 0.1) is 5.82 Å². The predicted molar refractivity (Wildman–Crippen MR) is 48.1 cm³/mol. The monoisotopic (exact) mass is 212 g/mol. The van der Waals surface area contributed by atoms with E-state index in [2.05, 4.69) is 4.74 Å². The van der Waals surface area contributed by atoms with Gasteiger partial charge >= 0.3 is 6.16 Å². The highest BCUT2D eigenvalue weighted by molar-refractivity contribution is 5.61. The van der Waals surface area contributed by atoms with Crippen LogP contribution in [-0.4, -0.2) is 25.5 Å². The second-order valence-corrected chi connectivity index (χ2v) is 3.07. The number of cyclic esters (lactones) is 2. The molecule has 0 spiro atoms.